The number of aromatic nitrogens is 2. The molecule has 2 heterocycles. The van der Waals surface area contributed by atoms with Crippen molar-refractivity contribution in [1.29, 1.82) is 0 Å². The zero-order valence-electron chi connectivity index (χ0n) is 18.5. The van der Waals surface area contributed by atoms with Crippen molar-refractivity contribution in [3.63, 3.8) is 0 Å². The molecule has 2 aromatic carbocycles. The second kappa shape index (κ2) is 15.5. The first kappa shape index (κ1) is 31.4. The van der Waals surface area contributed by atoms with Gasteiger partial charge in [0, 0.05) is 33.5 Å². The van der Waals surface area contributed by atoms with Crippen molar-refractivity contribution in [2.24, 2.45) is 0 Å². The SMILES string of the molecule is CCCCO.O.O=C(O)Cn1c(C(=O)Nc2nc(-c3ccccc3Cl)cs2)cc2ccccc21.[KH]. The summed E-state index contributed by atoms with van der Waals surface area (Å²) in [7, 11) is 0. The molecular weight excluding hydrogens is 517 g/mol. The first-order valence-corrected chi connectivity index (χ1v) is 11.6. The summed E-state index contributed by atoms with van der Waals surface area (Å²) in [6.45, 7) is 2.09. The van der Waals surface area contributed by atoms with Crippen LogP contribution in [0.15, 0.2) is 60.0 Å². The van der Waals surface area contributed by atoms with Crippen LogP contribution in [0.3, 0.4) is 0 Å². The van der Waals surface area contributed by atoms with E-state index in [1.54, 1.807) is 24.3 Å². The van der Waals surface area contributed by atoms with Crippen molar-refractivity contribution in [3.8, 4) is 11.3 Å². The molecule has 4 rings (SSSR count). The fourth-order valence-electron chi connectivity index (χ4n) is 3.15. The number of carboxylic acids is 1. The van der Waals surface area contributed by atoms with Crippen LogP contribution in [0.4, 0.5) is 5.13 Å². The number of thiazole rings is 1. The molecule has 8 nitrogen and oxygen atoms in total. The van der Waals surface area contributed by atoms with Crippen molar-refractivity contribution < 1.29 is 25.3 Å². The van der Waals surface area contributed by atoms with E-state index in [1.807, 2.05) is 35.7 Å². The Morgan fingerprint density at radius 3 is 2.46 bits per heavy atom. The number of nitrogens with zero attached hydrogens (tertiary/aromatic N) is 2. The van der Waals surface area contributed by atoms with E-state index in [0.717, 1.165) is 23.8 Å². The van der Waals surface area contributed by atoms with Gasteiger partial charge in [0.05, 0.1) is 5.69 Å². The van der Waals surface area contributed by atoms with Gasteiger partial charge in [0.2, 0.25) is 0 Å². The van der Waals surface area contributed by atoms with Gasteiger partial charge in [0.15, 0.2) is 5.13 Å². The summed E-state index contributed by atoms with van der Waals surface area (Å²) in [4.78, 5) is 28.5. The number of fused-ring (bicyclic) bond motifs is 1. The van der Waals surface area contributed by atoms with Crippen molar-refractivity contribution in [2.45, 2.75) is 26.3 Å². The van der Waals surface area contributed by atoms with E-state index < -0.39 is 11.9 Å². The first-order chi connectivity index (χ1) is 15.9. The van der Waals surface area contributed by atoms with Crippen LogP contribution in [-0.4, -0.2) is 95.1 Å². The number of hydrogen-bond donors (Lipinski definition) is 3. The number of anilines is 1. The van der Waals surface area contributed by atoms with E-state index in [4.69, 9.17) is 16.7 Å². The van der Waals surface area contributed by atoms with Crippen molar-refractivity contribution in [3.05, 3.63) is 70.7 Å². The Balaban J connectivity index is 0.000000798. The number of para-hydroxylation sites is 1. The molecule has 0 bridgehead atoms. The summed E-state index contributed by atoms with van der Waals surface area (Å²) in [6.07, 6.45) is 2.04. The summed E-state index contributed by atoms with van der Waals surface area (Å²) < 4.78 is 1.48. The van der Waals surface area contributed by atoms with Gasteiger partial charge in [0.25, 0.3) is 5.91 Å². The van der Waals surface area contributed by atoms with Gasteiger partial charge in [-0.05, 0) is 24.6 Å². The average molecular weight is 544 g/mol. The topological polar surface area (TPSA) is 136 Å². The molecule has 0 aliphatic heterocycles. The van der Waals surface area contributed by atoms with Gasteiger partial charge < -0.3 is 20.3 Å². The fraction of sp³-hybridized carbons (Fsp3) is 0.208. The van der Waals surface area contributed by atoms with Crippen LogP contribution in [0.2, 0.25) is 5.02 Å². The molecule has 0 saturated carbocycles. The van der Waals surface area contributed by atoms with Gasteiger partial charge in [0.1, 0.15) is 12.2 Å². The molecule has 2 aromatic heterocycles. The average Bonchev–Trinajstić information content (AvgIpc) is 3.40. The van der Waals surface area contributed by atoms with E-state index in [1.165, 1.54) is 15.9 Å². The number of amides is 1. The zero-order valence-corrected chi connectivity index (χ0v) is 20.1. The zero-order chi connectivity index (χ0) is 23.8. The molecule has 1 amide bonds. The molecule has 4 aromatic rings. The quantitative estimate of drug-likeness (QED) is 0.302. The Morgan fingerprint density at radius 1 is 1.14 bits per heavy atom. The number of halogens is 1. The van der Waals surface area contributed by atoms with E-state index in [9.17, 15) is 14.7 Å². The molecule has 0 aliphatic carbocycles. The van der Waals surface area contributed by atoms with Gasteiger partial charge >= 0.3 is 57.4 Å². The molecule has 5 N–H and O–H groups in total. The van der Waals surface area contributed by atoms with Crippen LogP contribution in [-0.2, 0) is 11.3 Å². The summed E-state index contributed by atoms with van der Waals surface area (Å²) in [6, 6.07) is 16.3. The van der Waals surface area contributed by atoms with Crippen molar-refractivity contribution in [1.82, 2.24) is 9.55 Å². The van der Waals surface area contributed by atoms with Gasteiger partial charge in [-0.15, -0.1) is 11.3 Å². The first-order valence-electron chi connectivity index (χ1n) is 10.4. The number of benzene rings is 2. The summed E-state index contributed by atoms with van der Waals surface area (Å²) in [5.74, 6) is -1.44. The van der Waals surface area contributed by atoms with Gasteiger partial charge in [-0.25, -0.2) is 4.98 Å². The molecule has 0 aliphatic rings. The molecule has 0 fully saturated rings. The summed E-state index contributed by atoms with van der Waals surface area (Å²) >= 11 is 7.48. The predicted molar refractivity (Wildman–Crippen MR) is 143 cm³/mol. The van der Waals surface area contributed by atoms with Gasteiger partial charge in [-0.2, -0.15) is 0 Å². The van der Waals surface area contributed by atoms with Crippen LogP contribution < -0.4 is 5.32 Å². The summed E-state index contributed by atoms with van der Waals surface area (Å²) in [5.41, 5.74) is 2.39. The normalized spacial score (nSPS) is 9.91. The fourth-order valence-corrected chi connectivity index (χ4v) is 4.09. The Hall–Kier alpha value is -1.60. The minimum atomic E-state index is -1.02. The third-order valence-electron chi connectivity index (χ3n) is 4.72. The van der Waals surface area contributed by atoms with Crippen LogP contribution in [0, 0.1) is 0 Å². The second-order valence-electron chi connectivity index (χ2n) is 7.12. The Bertz CT molecular complexity index is 1260. The number of aliphatic hydroxyl groups excluding tert-OH is 1. The Morgan fingerprint density at radius 2 is 1.83 bits per heavy atom. The minimum absolute atomic E-state index is 0. The van der Waals surface area contributed by atoms with E-state index in [2.05, 4.69) is 17.2 Å². The van der Waals surface area contributed by atoms with Gasteiger partial charge in [-0.1, -0.05) is 61.3 Å². The number of carbonyl (C=O) groups excluding carboxylic acids is 1. The molecule has 35 heavy (non-hydrogen) atoms. The number of aliphatic hydroxyl groups is 1. The molecule has 0 saturated heterocycles. The predicted octanol–water partition coefficient (Wildman–Crippen LogP) is 4.06. The van der Waals surface area contributed by atoms with Crippen LogP contribution in [0.5, 0.6) is 0 Å². The second-order valence-corrected chi connectivity index (χ2v) is 8.38. The molecule has 182 valence electrons. The molecule has 0 unspecified atom stereocenters. The third kappa shape index (κ3) is 8.48. The van der Waals surface area contributed by atoms with Crippen molar-refractivity contribution in [2.75, 3.05) is 11.9 Å². The number of rotatable bonds is 7. The maximum absolute atomic E-state index is 12.8. The summed E-state index contributed by atoms with van der Waals surface area (Å²) in [5, 5.41) is 23.6. The molecular formula is C24H27ClKN3O5S. The monoisotopic (exact) mass is 543 g/mol. The Kier molecular flexibility index (Phi) is 13.9. The van der Waals surface area contributed by atoms with E-state index in [0.29, 0.717) is 28.0 Å². The van der Waals surface area contributed by atoms with Crippen LogP contribution in [0.25, 0.3) is 22.2 Å². The Labute approximate surface area is 254 Å². The number of unbranched alkanes of at least 4 members (excludes halogenated alkanes) is 1. The van der Waals surface area contributed by atoms with Gasteiger partial charge in [-0.3, -0.25) is 14.9 Å². The number of aliphatic carboxylic acids is 1. The molecule has 0 atom stereocenters. The van der Waals surface area contributed by atoms with Crippen LogP contribution >= 0.6 is 22.9 Å². The molecule has 0 radical (unpaired) electrons. The van der Waals surface area contributed by atoms with E-state index >= 15 is 0 Å². The number of carboxylic acid groups (broad SMARTS) is 1. The number of nitrogens with one attached hydrogen (secondary N) is 1. The number of carbonyl (C=O) groups is 2. The van der Waals surface area contributed by atoms with Crippen LogP contribution in [0.1, 0.15) is 30.3 Å². The third-order valence-corrected chi connectivity index (χ3v) is 5.81. The van der Waals surface area contributed by atoms with E-state index in [-0.39, 0.29) is 69.1 Å². The maximum atomic E-state index is 12.8. The van der Waals surface area contributed by atoms with Crippen molar-refractivity contribution >= 4 is 102 Å². The molecule has 11 heteroatoms. The molecule has 0 spiro atoms. The standard InChI is InChI=1S/C20H14ClN3O3S.C4H10O.K.H2O.H/c21-14-7-3-2-6-13(14)15-11-28-20(22-15)23-19(27)17-9-12-5-1-4-8-16(12)24(17)10-18(25)26;1-2-3-4-5;;;/h1-9,11H,10H2,(H,25,26)(H,22,23,27);5H,2-4H2,1H3;;1H2;. The number of hydrogen-bond acceptors (Lipinski definition) is 5.